The molecule has 0 atom stereocenters. The number of phenols is 1. The zero-order valence-corrected chi connectivity index (χ0v) is 12.9. The Kier molecular flexibility index (Phi) is 5.15. The van der Waals surface area contributed by atoms with Crippen LogP contribution in [0.25, 0.3) is 0 Å². The van der Waals surface area contributed by atoms with Gasteiger partial charge in [0, 0.05) is 19.5 Å². The number of phenolic OH excluding ortho intramolecular Hbond substituents is 1. The highest BCUT2D eigenvalue weighted by molar-refractivity contribution is 5.94. The van der Waals surface area contributed by atoms with Crippen molar-refractivity contribution in [1.82, 2.24) is 15.4 Å². The van der Waals surface area contributed by atoms with Crippen LogP contribution >= 0.6 is 0 Å². The van der Waals surface area contributed by atoms with E-state index in [-0.39, 0.29) is 23.6 Å². The van der Waals surface area contributed by atoms with Gasteiger partial charge in [-0.25, -0.2) is 0 Å². The second-order valence-electron chi connectivity index (χ2n) is 5.08. The number of para-hydroxylation sites is 1. The molecule has 0 aliphatic heterocycles. The summed E-state index contributed by atoms with van der Waals surface area (Å²) in [6.07, 6.45) is 1.57. The standard InChI is InChI=1S/C15H16N4O5/c1-18-9-11(19(23)24)8-12(18)15(22)17-16-14(21)7-6-10-4-2-3-5-13(10)20/h2-5,8-9,20H,6-7H2,1H3,(H,16,21)(H,17,22). The van der Waals surface area contributed by atoms with Gasteiger partial charge in [-0.3, -0.25) is 30.6 Å². The van der Waals surface area contributed by atoms with Crippen LogP contribution in [0.2, 0.25) is 0 Å². The quantitative estimate of drug-likeness (QED) is 0.557. The molecule has 2 amide bonds. The summed E-state index contributed by atoms with van der Waals surface area (Å²) in [4.78, 5) is 33.7. The number of rotatable bonds is 5. The van der Waals surface area contributed by atoms with Crippen LogP contribution in [0.1, 0.15) is 22.5 Å². The fraction of sp³-hybridized carbons (Fsp3) is 0.200. The summed E-state index contributed by atoms with van der Waals surface area (Å²) < 4.78 is 1.29. The first-order chi connectivity index (χ1) is 11.4. The molecule has 2 aromatic rings. The maximum atomic E-state index is 11.9. The zero-order valence-electron chi connectivity index (χ0n) is 12.9. The van der Waals surface area contributed by atoms with Gasteiger partial charge in [0.15, 0.2) is 0 Å². The van der Waals surface area contributed by atoms with Crippen molar-refractivity contribution < 1.29 is 19.6 Å². The van der Waals surface area contributed by atoms with E-state index < -0.39 is 16.7 Å². The molecule has 9 heteroatoms. The third kappa shape index (κ3) is 4.09. The van der Waals surface area contributed by atoms with E-state index in [9.17, 15) is 24.8 Å². The van der Waals surface area contributed by atoms with Crippen molar-refractivity contribution >= 4 is 17.5 Å². The lowest BCUT2D eigenvalue weighted by atomic mass is 10.1. The first-order valence-corrected chi connectivity index (χ1v) is 7.05. The van der Waals surface area contributed by atoms with Crippen LogP contribution in [0.5, 0.6) is 5.75 Å². The molecule has 2 rings (SSSR count). The maximum Gasteiger partial charge on any atom is 0.287 e. The molecule has 0 saturated carbocycles. The second kappa shape index (κ2) is 7.27. The van der Waals surface area contributed by atoms with E-state index >= 15 is 0 Å². The number of nitrogens with zero attached hydrogens (tertiary/aromatic N) is 2. The van der Waals surface area contributed by atoms with Crippen molar-refractivity contribution in [2.45, 2.75) is 12.8 Å². The Morgan fingerprint density at radius 3 is 2.62 bits per heavy atom. The molecule has 0 spiro atoms. The third-order valence-corrected chi connectivity index (χ3v) is 3.36. The number of nitrogens with one attached hydrogen (secondary N) is 2. The van der Waals surface area contributed by atoms with Crippen LogP contribution in [0, 0.1) is 10.1 Å². The number of hydrazine groups is 1. The van der Waals surface area contributed by atoms with Gasteiger partial charge in [0.2, 0.25) is 5.91 Å². The molecule has 0 aliphatic rings. The summed E-state index contributed by atoms with van der Waals surface area (Å²) in [6.45, 7) is 0. The Labute approximate surface area is 137 Å². The molecule has 1 aromatic heterocycles. The van der Waals surface area contributed by atoms with Gasteiger partial charge < -0.3 is 9.67 Å². The van der Waals surface area contributed by atoms with Gasteiger partial charge in [0.05, 0.1) is 11.1 Å². The lowest BCUT2D eigenvalue weighted by molar-refractivity contribution is -0.384. The fourth-order valence-corrected chi connectivity index (χ4v) is 2.10. The molecular weight excluding hydrogens is 316 g/mol. The van der Waals surface area contributed by atoms with Crippen LogP contribution in [0.15, 0.2) is 36.5 Å². The SMILES string of the molecule is Cn1cc([N+](=O)[O-])cc1C(=O)NNC(=O)CCc1ccccc1O. The summed E-state index contributed by atoms with van der Waals surface area (Å²) in [6, 6.07) is 7.76. The summed E-state index contributed by atoms with van der Waals surface area (Å²) in [7, 11) is 1.49. The van der Waals surface area contributed by atoms with Crippen molar-refractivity contribution in [3.63, 3.8) is 0 Å². The molecule has 0 radical (unpaired) electrons. The Bertz CT molecular complexity index is 784. The number of benzene rings is 1. The second-order valence-corrected chi connectivity index (χ2v) is 5.08. The largest absolute Gasteiger partial charge is 0.508 e. The molecule has 1 heterocycles. The first kappa shape index (κ1) is 17.0. The topological polar surface area (TPSA) is 126 Å². The lowest BCUT2D eigenvalue weighted by Crippen LogP contribution is -2.42. The minimum atomic E-state index is -0.665. The first-order valence-electron chi connectivity index (χ1n) is 7.05. The smallest absolute Gasteiger partial charge is 0.287 e. The molecule has 0 fully saturated rings. The highest BCUT2D eigenvalue weighted by Gasteiger charge is 2.17. The Morgan fingerprint density at radius 1 is 1.29 bits per heavy atom. The number of aromatic hydroxyl groups is 1. The van der Waals surface area contributed by atoms with Gasteiger partial charge in [0.25, 0.3) is 11.6 Å². The number of carbonyl (C=O) groups excluding carboxylic acids is 2. The van der Waals surface area contributed by atoms with Gasteiger partial charge in [-0.15, -0.1) is 0 Å². The number of aryl methyl sites for hydroxylation is 2. The molecule has 24 heavy (non-hydrogen) atoms. The van der Waals surface area contributed by atoms with Crippen molar-refractivity contribution in [2.75, 3.05) is 0 Å². The van der Waals surface area contributed by atoms with Crippen molar-refractivity contribution in [3.05, 3.63) is 57.9 Å². The number of carbonyl (C=O) groups is 2. The predicted octanol–water partition coefficient (Wildman–Crippen LogP) is 1.03. The monoisotopic (exact) mass is 332 g/mol. The summed E-state index contributed by atoms with van der Waals surface area (Å²) >= 11 is 0. The maximum absolute atomic E-state index is 11.9. The Hall–Kier alpha value is -3.36. The average molecular weight is 332 g/mol. The van der Waals surface area contributed by atoms with E-state index in [1.54, 1.807) is 18.2 Å². The van der Waals surface area contributed by atoms with Gasteiger partial charge in [-0.2, -0.15) is 0 Å². The summed E-state index contributed by atoms with van der Waals surface area (Å²) in [5, 5.41) is 20.3. The van der Waals surface area contributed by atoms with Crippen LogP contribution in [-0.4, -0.2) is 26.4 Å². The van der Waals surface area contributed by atoms with Crippen LogP contribution < -0.4 is 10.9 Å². The number of hydrogen-bond donors (Lipinski definition) is 3. The van der Waals surface area contributed by atoms with E-state index in [0.717, 1.165) is 6.07 Å². The Balaban J connectivity index is 1.86. The number of aromatic nitrogens is 1. The van der Waals surface area contributed by atoms with E-state index in [4.69, 9.17) is 0 Å². The van der Waals surface area contributed by atoms with E-state index in [0.29, 0.717) is 12.0 Å². The highest BCUT2D eigenvalue weighted by atomic mass is 16.6. The molecule has 126 valence electrons. The normalized spacial score (nSPS) is 10.2. The third-order valence-electron chi connectivity index (χ3n) is 3.36. The van der Waals surface area contributed by atoms with Gasteiger partial charge >= 0.3 is 0 Å². The predicted molar refractivity (Wildman–Crippen MR) is 84.1 cm³/mol. The molecule has 3 N–H and O–H groups in total. The number of nitro groups is 1. The molecule has 0 bridgehead atoms. The lowest BCUT2D eigenvalue weighted by Gasteiger charge is -2.08. The van der Waals surface area contributed by atoms with Crippen molar-refractivity contribution in [1.29, 1.82) is 0 Å². The number of amides is 2. The van der Waals surface area contributed by atoms with Crippen LogP contribution in [-0.2, 0) is 18.3 Å². The van der Waals surface area contributed by atoms with Crippen LogP contribution in [0.4, 0.5) is 5.69 Å². The van der Waals surface area contributed by atoms with Gasteiger partial charge in [-0.05, 0) is 18.1 Å². The highest BCUT2D eigenvalue weighted by Crippen LogP contribution is 2.17. The van der Waals surface area contributed by atoms with E-state index in [1.165, 1.54) is 23.9 Å². The van der Waals surface area contributed by atoms with Gasteiger partial charge in [-0.1, -0.05) is 18.2 Å². The molecular formula is C15H16N4O5. The summed E-state index contributed by atoms with van der Waals surface area (Å²) in [5.74, 6) is -1.01. The van der Waals surface area contributed by atoms with Crippen LogP contribution in [0.3, 0.4) is 0 Å². The van der Waals surface area contributed by atoms with Gasteiger partial charge in [0.1, 0.15) is 11.4 Å². The molecule has 0 aliphatic carbocycles. The molecule has 9 nitrogen and oxygen atoms in total. The minimum Gasteiger partial charge on any atom is -0.508 e. The summed E-state index contributed by atoms with van der Waals surface area (Å²) in [5.41, 5.74) is 4.88. The van der Waals surface area contributed by atoms with E-state index in [2.05, 4.69) is 10.9 Å². The molecule has 0 saturated heterocycles. The minimum absolute atomic E-state index is 0.0442. The molecule has 0 unspecified atom stereocenters. The Morgan fingerprint density at radius 2 is 2.00 bits per heavy atom. The fourth-order valence-electron chi connectivity index (χ4n) is 2.10. The number of hydrogen-bond acceptors (Lipinski definition) is 5. The average Bonchev–Trinajstić information content (AvgIpc) is 2.94. The van der Waals surface area contributed by atoms with Crippen molar-refractivity contribution in [2.24, 2.45) is 7.05 Å². The zero-order chi connectivity index (χ0) is 17.7. The van der Waals surface area contributed by atoms with E-state index in [1.807, 2.05) is 0 Å². The van der Waals surface area contributed by atoms with Crippen molar-refractivity contribution in [3.8, 4) is 5.75 Å². The molecule has 1 aromatic carbocycles.